The Hall–Kier alpha value is -3.33. The predicted octanol–water partition coefficient (Wildman–Crippen LogP) is 5.86. The molecule has 0 radical (unpaired) electrons. The van der Waals surface area contributed by atoms with Gasteiger partial charge in [-0.2, -0.15) is 0 Å². The molecule has 5 rings (SSSR count). The van der Waals surface area contributed by atoms with Gasteiger partial charge in [0.15, 0.2) is 11.6 Å². The maximum atomic E-state index is 13.6. The number of halogens is 1. The molecule has 1 aliphatic rings. The summed E-state index contributed by atoms with van der Waals surface area (Å²) in [4.78, 5) is 26.5. The Morgan fingerprint density at radius 3 is 2.45 bits per heavy atom. The third-order valence-electron chi connectivity index (χ3n) is 6.09. The maximum Gasteiger partial charge on any atom is 0.174 e. The first-order chi connectivity index (χ1) is 14.0. The molecule has 0 spiro atoms. The smallest absolute Gasteiger partial charge is 0.174 e. The van der Waals surface area contributed by atoms with E-state index in [9.17, 15) is 14.0 Å². The molecule has 4 aromatic carbocycles. The monoisotopic (exact) mass is 382 g/mol. The van der Waals surface area contributed by atoms with Crippen LogP contribution in [0.3, 0.4) is 0 Å². The molecule has 2 nitrogen and oxygen atoms in total. The zero-order valence-electron chi connectivity index (χ0n) is 16.0. The lowest BCUT2D eigenvalue weighted by Gasteiger charge is -2.28. The summed E-state index contributed by atoms with van der Waals surface area (Å²) in [5.74, 6) is -1.75. The number of fused-ring (bicyclic) bond motifs is 5. The number of hydrogen-bond acceptors (Lipinski definition) is 2. The molecule has 29 heavy (non-hydrogen) atoms. The van der Waals surface area contributed by atoms with E-state index >= 15 is 0 Å². The second kappa shape index (κ2) is 6.63. The minimum Gasteiger partial charge on any atom is -0.298 e. The molecule has 0 fully saturated rings. The van der Waals surface area contributed by atoms with Crippen molar-refractivity contribution in [2.75, 3.05) is 0 Å². The number of Topliss-reactive ketones (excluding diaryl/α,β-unsaturated/α-hetero) is 2. The van der Waals surface area contributed by atoms with Crippen LogP contribution in [0.4, 0.5) is 4.39 Å². The lowest BCUT2D eigenvalue weighted by molar-refractivity contribution is -0.122. The molecule has 0 heterocycles. The lowest BCUT2D eigenvalue weighted by atomic mass is 9.72. The van der Waals surface area contributed by atoms with Crippen molar-refractivity contribution < 1.29 is 14.0 Å². The molecular formula is C26H19FO2. The Morgan fingerprint density at radius 1 is 0.828 bits per heavy atom. The zero-order chi connectivity index (χ0) is 20.1. The second-order valence-electron chi connectivity index (χ2n) is 7.79. The highest BCUT2D eigenvalue weighted by Gasteiger charge is 2.39. The van der Waals surface area contributed by atoms with Gasteiger partial charge in [-0.25, -0.2) is 4.39 Å². The largest absolute Gasteiger partial charge is 0.298 e. The first-order valence-corrected chi connectivity index (χ1v) is 9.81. The topological polar surface area (TPSA) is 34.1 Å². The van der Waals surface area contributed by atoms with Gasteiger partial charge in [-0.15, -0.1) is 0 Å². The Kier molecular flexibility index (Phi) is 4.06. The van der Waals surface area contributed by atoms with Gasteiger partial charge in [0.25, 0.3) is 0 Å². The van der Waals surface area contributed by atoms with Crippen molar-refractivity contribution in [2.45, 2.75) is 19.3 Å². The van der Waals surface area contributed by atoms with Crippen molar-refractivity contribution in [3.8, 4) is 0 Å². The van der Waals surface area contributed by atoms with E-state index in [1.807, 2.05) is 43.3 Å². The van der Waals surface area contributed by atoms with Gasteiger partial charge in [0.05, 0.1) is 5.92 Å². The van der Waals surface area contributed by atoms with Gasteiger partial charge >= 0.3 is 0 Å². The van der Waals surface area contributed by atoms with E-state index in [1.54, 1.807) is 12.1 Å². The molecule has 3 heteroatoms. The number of carbonyl (C=O) groups excluding carboxylic acids is 2. The van der Waals surface area contributed by atoms with Crippen LogP contribution in [0.2, 0.25) is 0 Å². The fourth-order valence-electron chi connectivity index (χ4n) is 4.59. The first kappa shape index (κ1) is 17.7. The van der Waals surface area contributed by atoms with Crippen LogP contribution >= 0.6 is 0 Å². The van der Waals surface area contributed by atoms with E-state index in [4.69, 9.17) is 0 Å². The summed E-state index contributed by atoms with van der Waals surface area (Å²) in [5.41, 5.74) is 2.10. The lowest BCUT2D eigenvalue weighted by Crippen LogP contribution is -2.35. The van der Waals surface area contributed by atoms with Crippen LogP contribution < -0.4 is 0 Å². The van der Waals surface area contributed by atoms with E-state index in [0.717, 1.165) is 27.1 Å². The first-order valence-electron chi connectivity index (χ1n) is 9.81. The van der Waals surface area contributed by atoms with Crippen molar-refractivity contribution in [3.05, 3.63) is 95.3 Å². The molecule has 0 aromatic heterocycles. The van der Waals surface area contributed by atoms with Crippen molar-refractivity contribution >= 4 is 33.1 Å². The van der Waals surface area contributed by atoms with Crippen LogP contribution in [0.5, 0.6) is 0 Å². The molecule has 2 unspecified atom stereocenters. The van der Waals surface area contributed by atoms with Gasteiger partial charge in [-0.05, 0) is 51.2 Å². The van der Waals surface area contributed by atoms with Crippen molar-refractivity contribution in [1.82, 2.24) is 0 Å². The molecular weight excluding hydrogens is 363 g/mol. The Labute approximate surface area is 168 Å². The van der Waals surface area contributed by atoms with Crippen molar-refractivity contribution in [2.24, 2.45) is 5.92 Å². The highest BCUT2D eigenvalue weighted by Crippen LogP contribution is 2.39. The van der Waals surface area contributed by atoms with E-state index in [0.29, 0.717) is 11.1 Å². The van der Waals surface area contributed by atoms with Crippen LogP contribution in [-0.2, 0) is 11.2 Å². The molecule has 2 atom stereocenters. The highest BCUT2D eigenvalue weighted by atomic mass is 19.1. The Morgan fingerprint density at radius 2 is 1.62 bits per heavy atom. The summed E-state index contributed by atoms with van der Waals surface area (Å²) in [5, 5.41) is 4.10. The fourth-order valence-corrected chi connectivity index (χ4v) is 4.59. The summed E-state index contributed by atoms with van der Waals surface area (Å²) >= 11 is 0. The molecule has 1 aliphatic carbocycles. The van der Waals surface area contributed by atoms with Crippen LogP contribution in [0, 0.1) is 11.7 Å². The van der Waals surface area contributed by atoms with Gasteiger partial charge in [-0.3, -0.25) is 9.59 Å². The van der Waals surface area contributed by atoms with Crippen molar-refractivity contribution in [1.29, 1.82) is 0 Å². The van der Waals surface area contributed by atoms with Crippen LogP contribution in [0.25, 0.3) is 21.5 Å². The molecule has 142 valence electrons. The minimum atomic E-state index is -0.781. The molecule has 0 saturated carbocycles. The number of carbonyl (C=O) groups is 2. The normalized spacial score (nSPS) is 19.0. The summed E-state index contributed by atoms with van der Waals surface area (Å²) in [6, 6.07) is 22.2. The molecule has 0 saturated heterocycles. The Bertz CT molecular complexity index is 1300. The summed E-state index contributed by atoms with van der Waals surface area (Å²) < 4.78 is 13.6. The summed E-state index contributed by atoms with van der Waals surface area (Å²) in [7, 11) is 0. The number of hydrogen-bond donors (Lipinski definition) is 0. The van der Waals surface area contributed by atoms with Crippen LogP contribution in [0.1, 0.15) is 34.3 Å². The third-order valence-corrected chi connectivity index (χ3v) is 6.09. The van der Waals surface area contributed by atoms with Crippen LogP contribution in [-0.4, -0.2) is 11.6 Å². The second-order valence-corrected chi connectivity index (χ2v) is 7.79. The van der Waals surface area contributed by atoms with Gasteiger partial charge in [-0.1, -0.05) is 67.6 Å². The average molecular weight is 382 g/mol. The molecule has 0 bridgehead atoms. The van der Waals surface area contributed by atoms with E-state index in [1.165, 1.54) is 12.1 Å². The number of ketones is 2. The summed E-state index contributed by atoms with van der Waals surface area (Å²) in [6.45, 7) is 1.86. The van der Waals surface area contributed by atoms with E-state index < -0.39 is 5.92 Å². The predicted molar refractivity (Wildman–Crippen MR) is 113 cm³/mol. The summed E-state index contributed by atoms with van der Waals surface area (Å²) in [6.07, 6.45) is 0.225. The SMILES string of the molecule is CC1C(=O)C(Cc2cccc(F)c2)C(=O)c2c1ccc1c2ccc2ccccc21. The standard InChI is InChI=1S/C26H19FO2/c1-15-19-11-12-21-20-8-3-2-6-17(20)9-10-22(21)24(19)26(29)23(25(15)28)14-16-5-4-7-18(27)13-16/h2-13,15,23H,14H2,1H3. The molecule has 0 amide bonds. The highest BCUT2D eigenvalue weighted by molar-refractivity contribution is 6.24. The zero-order valence-corrected chi connectivity index (χ0v) is 16.0. The van der Waals surface area contributed by atoms with Gasteiger partial charge in [0.1, 0.15) is 5.82 Å². The number of rotatable bonds is 2. The van der Waals surface area contributed by atoms with E-state index in [2.05, 4.69) is 12.1 Å². The third kappa shape index (κ3) is 2.77. The quantitative estimate of drug-likeness (QED) is 0.321. The van der Waals surface area contributed by atoms with Crippen molar-refractivity contribution in [3.63, 3.8) is 0 Å². The molecule has 0 N–H and O–H groups in total. The van der Waals surface area contributed by atoms with Gasteiger partial charge < -0.3 is 0 Å². The molecule has 0 aliphatic heterocycles. The van der Waals surface area contributed by atoms with Crippen LogP contribution in [0.15, 0.2) is 72.8 Å². The maximum absolute atomic E-state index is 13.6. The minimum absolute atomic E-state index is 0.0908. The van der Waals surface area contributed by atoms with E-state index in [-0.39, 0.29) is 29.7 Å². The van der Waals surface area contributed by atoms with Gasteiger partial charge in [0.2, 0.25) is 0 Å². The fraction of sp³-hybridized carbons (Fsp3) is 0.154. The average Bonchev–Trinajstić information content (AvgIpc) is 2.74. The van der Waals surface area contributed by atoms with Gasteiger partial charge in [0, 0.05) is 11.5 Å². The Balaban J connectivity index is 1.69. The molecule has 4 aromatic rings. The number of benzene rings is 4.